The second-order valence-electron chi connectivity index (χ2n) is 3.07. The van der Waals surface area contributed by atoms with Crippen LogP contribution < -0.4 is 4.74 Å². The van der Waals surface area contributed by atoms with E-state index in [1.54, 1.807) is 24.3 Å². The molecule has 0 aliphatic heterocycles. The highest BCUT2D eigenvalue weighted by molar-refractivity contribution is 5.37. The van der Waals surface area contributed by atoms with E-state index >= 15 is 0 Å². The smallest absolute Gasteiger partial charge is 0.160 e. The maximum atomic E-state index is 9.31. The Morgan fingerprint density at radius 3 is 2.69 bits per heavy atom. The van der Waals surface area contributed by atoms with Crippen LogP contribution in [-0.4, -0.2) is 23.4 Å². The first kappa shape index (κ1) is 9.86. The van der Waals surface area contributed by atoms with E-state index in [-0.39, 0.29) is 18.3 Å². The van der Waals surface area contributed by atoms with Crippen molar-refractivity contribution < 1.29 is 14.9 Å². The quantitative estimate of drug-likeness (QED) is 0.740. The Kier molecular flexibility index (Phi) is 3.58. The van der Waals surface area contributed by atoms with Gasteiger partial charge in [-0.3, -0.25) is 0 Å². The monoisotopic (exact) mass is 182 g/mol. The third kappa shape index (κ3) is 2.95. The van der Waals surface area contributed by atoms with Gasteiger partial charge < -0.3 is 14.9 Å². The standard InChI is InChI=1S/C10H14O3/c1-8(6-11)7-13-10-5-3-2-4-9(10)12/h2-5,8,11-12H,6-7H2,1H3. The highest BCUT2D eigenvalue weighted by atomic mass is 16.5. The fourth-order valence-electron chi connectivity index (χ4n) is 0.864. The van der Waals surface area contributed by atoms with Gasteiger partial charge in [-0.1, -0.05) is 19.1 Å². The normalized spacial score (nSPS) is 12.5. The van der Waals surface area contributed by atoms with Crippen molar-refractivity contribution in [3.8, 4) is 11.5 Å². The first-order valence-corrected chi connectivity index (χ1v) is 4.25. The van der Waals surface area contributed by atoms with Crippen molar-refractivity contribution in [2.75, 3.05) is 13.2 Å². The minimum absolute atomic E-state index is 0.0830. The van der Waals surface area contributed by atoms with Gasteiger partial charge in [0.05, 0.1) is 6.61 Å². The van der Waals surface area contributed by atoms with Crippen LogP contribution in [-0.2, 0) is 0 Å². The van der Waals surface area contributed by atoms with Crippen molar-refractivity contribution in [3.63, 3.8) is 0 Å². The van der Waals surface area contributed by atoms with Crippen molar-refractivity contribution in [2.24, 2.45) is 5.92 Å². The van der Waals surface area contributed by atoms with E-state index in [4.69, 9.17) is 9.84 Å². The van der Waals surface area contributed by atoms with Gasteiger partial charge in [-0.2, -0.15) is 0 Å². The number of aromatic hydroxyl groups is 1. The Labute approximate surface area is 77.6 Å². The molecule has 0 radical (unpaired) electrons. The maximum Gasteiger partial charge on any atom is 0.160 e. The summed E-state index contributed by atoms with van der Waals surface area (Å²) in [5.74, 6) is 0.676. The van der Waals surface area contributed by atoms with Crippen molar-refractivity contribution >= 4 is 0 Å². The summed E-state index contributed by atoms with van der Waals surface area (Å²) >= 11 is 0. The Hall–Kier alpha value is -1.22. The van der Waals surface area contributed by atoms with E-state index in [0.717, 1.165) is 0 Å². The Bertz CT molecular complexity index is 260. The summed E-state index contributed by atoms with van der Waals surface area (Å²) in [6.45, 7) is 2.38. The molecule has 0 fully saturated rings. The van der Waals surface area contributed by atoms with E-state index < -0.39 is 0 Å². The number of ether oxygens (including phenoxy) is 1. The molecule has 0 saturated heterocycles. The molecule has 0 amide bonds. The lowest BCUT2D eigenvalue weighted by Gasteiger charge is -2.10. The number of para-hydroxylation sites is 2. The van der Waals surface area contributed by atoms with E-state index in [1.807, 2.05) is 6.92 Å². The molecular formula is C10H14O3. The highest BCUT2D eigenvalue weighted by Gasteiger charge is 2.03. The minimum Gasteiger partial charge on any atom is -0.504 e. The van der Waals surface area contributed by atoms with Crippen LogP contribution in [0.5, 0.6) is 11.5 Å². The molecule has 1 aromatic rings. The summed E-state index contributed by atoms with van der Waals surface area (Å²) < 4.78 is 5.28. The summed E-state index contributed by atoms with van der Waals surface area (Å²) in [5.41, 5.74) is 0. The predicted molar refractivity (Wildman–Crippen MR) is 49.9 cm³/mol. The molecule has 1 atom stereocenters. The molecule has 1 unspecified atom stereocenters. The maximum absolute atomic E-state index is 9.31. The van der Waals surface area contributed by atoms with Crippen molar-refractivity contribution in [1.82, 2.24) is 0 Å². The molecular weight excluding hydrogens is 168 g/mol. The van der Waals surface area contributed by atoms with E-state index in [9.17, 15) is 5.11 Å². The first-order chi connectivity index (χ1) is 6.24. The average molecular weight is 182 g/mol. The molecule has 0 aliphatic carbocycles. The number of rotatable bonds is 4. The molecule has 0 heterocycles. The minimum atomic E-state index is 0.0830. The number of aliphatic hydroxyl groups excluding tert-OH is 1. The number of hydrogen-bond donors (Lipinski definition) is 2. The summed E-state index contributed by atoms with van der Waals surface area (Å²) in [6.07, 6.45) is 0. The Morgan fingerprint density at radius 2 is 2.08 bits per heavy atom. The van der Waals surface area contributed by atoms with Crippen molar-refractivity contribution in [1.29, 1.82) is 0 Å². The fraction of sp³-hybridized carbons (Fsp3) is 0.400. The molecule has 1 rings (SSSR count). The lowest BCUT2D eigenvalue weighted by atomic mass is 10.2. The fourth-order valence-corrected chi connectivity index (χ4v) is 0.864. The molecule has 0 saturated carbocycles. The molecule has 3 heteroatoms. The van der Waals surface area contributed by atoms with Gasteiger partial charge in [0.15, 0.2) is 11.5 Å². The molecule has 1 aromatic carbocycles. The van der Waals surface area contributed by atoms with Gasteiger partial charge in [0.1, 0.15) is 0 Å². The van der Waals surface area contributed by atoms with Gasteiger partial charge in [0.2, 0.25) is 0 Å². The van der Waals surface area contributed by atoms with Crippen LogP contribution in [0, 0.1) is 5.92 Å². The molecule has 0 spiro atoms. The predicted octanol–water partition coefficient (Wildman–Crippen LogP) is 1.40. The summed E-state index contributed by atoms with van der Waals surface area (Å²) in [5, 5.41) is 18.0. The number of benzene rings is 1. The van der Waals surface area contributed by atoms with Crippen LogP contribution in [0.2, 0.25) is 0 Å². The Morgan fingerprint density at radius 1 is 1.38 bits per heavy atom. The van der Waals surface area contributed by atoms with E-state index in [1.165, 1.54) is 0 Å². The number of hydrogen-bond acceptors (Lipinski definition) is 3. The Balaban J connectivity index is 2.50. The van der Waals surface area contributed by atoms with Gasteiger partial charge >= 0.3 is 0 Å². The highest BCUT2D eigenvalue weighted by Crippen LogP contribution is 2.24. The summed E-state index contributed by atoms with van der Waals surface area (Å²) in [4.78, 5) is 0. The topological polar surface area (TPSA) is 49.7 Å². The largest absolute Gasteiger partial charge is 0.504 e. The molecule has 3 nitrogen and oxygen atoms in total. The summed E-state index contributed by atoms with van der Waals surface area (Å²) in [7, 11) is 0. The third-order valence-corrected chi connectivity index (χ3v) is 1.70. The second-order valence-corrected chi connectivity index (χ2v) is 3.07. The molecule has 0 bridgehead atoms. The van der Waals surface area contributed by atoms with Crippen LogP contribution in [0.3, 0.4) is 0 Å². The third-order valence-electron chi connectivity index (χ3n) is 1.70. The first-order valence-electron chi connectivity index (χ1n) is 4.25. The van der Waals surface area contributed by atoms with Crippen LogP contribution >= 0.6 is 0 Å². The van der Waals surface area contributed by atoms with Crippen LogP contribution in [0.15, 0.2) is 24.3 Å². The van der Waals surface area contributed by atoms with Gasteiger partial charge in [0, 0.05) is 12.5 Å². The summed E-state index contributed by atoms with van der Waals surface area (Å²) in [6, 6.07) is 6.79. The lowest BCUT2D eigenvalue weighted by molar-refractivity contribution is 0.171. The van der Waals surface area contributed by atoms with Crippen LogP contribution in [0.1, 0.15) is 6.92 Å². The molecule has 13 heavy (non-hydrogen) atoms. The SMILES string of the molecule is CC(CO)COc1ccccc1O. The second kappa shape index (κ2) is 4.72. The number of aliphatic hydroxyl groups is 1. The molecule has 72 valence electrons. The lowest BCUT2D eigenvalue weighted by Crippen LogP contribution is -2.12. The zero-order valence-electron chi connectivity index (χ0n) is 7.60. The van der Waals surface area contributed by atoms with Crippen LogP contribution in [0.4, 0.5) is 0 Å². The number of phenols is 1. The molecule has 0 aliphatic rings. The number of phenolic OH excluding ortho intramolecular Hbond substituents is 1. The van der Waals surface area contributed by atoms with Gasteiger partial charge in [-0.05, 0) is 12.1 Å². The van der Waals surface area contributed by atoms with Gasteiger partial charge in [0.25, 0.3) is 0 Å². The average Bonchev–Trinajstić information content (AvgIpc) is 2.16. The molecule has 2 N–H and O–H groups in total. The van der Waals surface area contributed by atoms with Gasteiger partial charge in [-0.15, -0.1) is 0 Å². The van der Waals surface area contributed by atoms with Gasteiger partial charge in [-0.25, -0.2) is 0 Å². The van der Waals surface area contributed by atoms with Crippen LogP contribution in [0.25, 0.3) is 0 Å². The zero-order valence-corrected chi connectivity index (χ0v) is 7.60. The van der Waals surface area contributed by atoms with Crippen molar-refractivity contribution in [3.05, 3.63) is 24.3 Å². The van der Waals surface area contributed by atoms with E-state index in [0.29, 0.717) is 12.4 Å². The zero-order chi connectivity index (χ0) is 9.68. The molecule has 0 aromatic heterocycles. The van der Waals surface area contributed by atoms with Crippen molar-refractivity contribution in [2.45, 2.75) is 6.92 Å². The van der Waals surface area contributed by atoms with E-state index in [2.05, 4.69) is 0 Å².